The summed E-state index contributed by atoms with van der Waals surface area (Å²) in [5.74, 6) is 2.38. The van der Waals surface area contributed by atoms with Crippen LogP contribution in [0.5, 0.6) is 0 Å². The quantitative estimate of drug-likeness (QED) is 0.471. The fourth-order valence-corrected chi connectivity index (χ4v) is 4.35. The number of hydrogen-bond acceptors (Lipinski definition) is 2. The minimum absolute atomic E-state index is 0.148. The van der Waals surface area contributed by atoms with Crippen molar-refractivity contribution in [2.45, 2.75) is 37.5 Å². The number of fused-ring (bicyclic) bond motifs is 2. The lowest BCUT2D eigenvalue weighted by Gasteiger charge is -2.26. The van der Waals surface area contributed by atoms with Crippen LogP contribution in [0, 0.1) is 27.9 Å². The van der Waals surface area contributed by atoms with Crippen LogP contribution in [0.2, 0.25) is 0 Å². The van der Waals surface area contributed by atoms with Crippen LogP contribution in [-0.4, -0.2) is 10.3 Å². The summed E-state index contributed by atoms with van der Waals surface area (Å²) in [4.78, 5) is 10.2. The second-order valence-corrected chi connectivity index (χ2v) is 6.54. The van der Waals surface area contributed by atoms with Crippen molar-refractivity contribution < 1.29 is 4.92 Å². The molecule has 0 radical (unpaired) electrons. The summed E-state index contributed by atoms with van der Waals surface area (Å²) in [6.45, 7) is 0. The average molecular weight is 280 g/mol. The molecule has 2 saturated carbocycles. The molecule has 19 heavy (non-hydrogen) atoms. The topological polar surface area (TPSA) is 43.1 Å². The number of nitro groups is 1. The summed E-state index contributed by atoms with van der Waals surface area (Å²) in [5, 5.41) is 10.8. The maximum absolute atomic E-state index is 10.6. The van der Waals surface area contributed by atoms with Crippen LogP contribution in [0.4, 0.5) is 5.69 Å². The summed E-state index contributed by atoms with van der Waals surface area (Å²) < 4.78 is 0. The molecule has 0 aromatic heterocycles. The third-order valence-electron chi connectivity index (χ3n) is 4.84. The predicted octanol–water partition coefficient (Wildman–Crippen LogP) is 4.18. The standard InChI is InChI=1S/C15H18ClNO2/c16-15(14-8-11-1-4-12(14)7-11)9-10-2-5-13(6-3-10)17(18)19/h2-3,5-6,11-12,14-15H,1,4,7-9H2. The first kappa shape index (κ1) is 12.9. The fourth-order valence-electron chi connectivity index (χ4n) is 3.87. The van der Waals surface area contributed by atoms with Gasteiger partial charge in [-0.1, -0.05) is 18.6 Å². The van der Waals surface area contributed by atoms with Gasteiger partial charge in [0.15, 0.2) is 0 Å². The number of alkyl halides is 1. The van der Waals surface area contributed by atoms with E-state index in [-0.39, 0.29) is 16.0 Å². The van der Waals surface area contributed by atoms with Gasteiger partial charge in [-0.05, 0) is 49.0 Å². The van der Waals surface area contributed by atoms with Gasteiger partial charge in [-0.3, -0.25) is 10.1 Å². The third-order valence-corrected chi connectivity index (χ3v) is 5.31. The van der Waals surface area contributed by atoms with Crippen LogP contribution < -0.4 is 0 Å². The number of nitrogens with zero attached hydrogens (tertiary/aromatic N) is 1. The Morgan fingerprint density at radius 3 is 2.53 bits per heavy atom. The van der Waals surface area contributed by atoms with E-state index in [2.05, 4.69) is 0 Å². The van der Waals surface area contributed by atoms with Crippen molar-refractivity contribution in [1.82, 2.24) is 0 Å². The lowest BCUT2D eigenvalue weighted by molar-refractivity contribution is -0.384. The molecule has 0 saturated heterocycles. The van der Waals surface area contributed by atoms with Gasteiger partial charge in [-0.2, -0.15) is 0 Å². The maximum atomic E-state index is 10.6. The lowest BCUT2D eigenvalue weighted by atomic mass is 9.84. The third kappa shape index (κ3) is 2.62. The number of halogens is 1. The Morgan fingerprint density at radius 1 is 1.26 bits per heavy atom. The van der Waals surface area contributed by atoms with Gasteiger partial charge < -0.3 is 0 Å². The van der Waals surface area contributed by atoms with Crippen molar-refractivity contribution in [3.8, 4) is 0 Å². The Morgan fingerprint density at radius 2 is 2.00 bits per heavy atom. The minimum atomic E-state index is -0.363. The molecule has 3 rings (SSSR count). The van der Waals surface area contributed by atoms with Crippen LogP contribution in [0.1, 0.15) is 31.2 Å². The first-order valence-corrected chi connectivity index (χ1v) is 7.44. The van der Waals surface area contributed by atoms with E-state index in [1.807, 2.05) is 12.1 Å². The van der Waals surface area contributed by atoms with E-state index in [1.165, 1.54) is 25.7 Å². The van der Waals surface area contributed by atoms with Gasteiger partial charge in [-0.25, -0.2) is 0 Å². The van der Waals surface area contributed by atoms with E-state index in [1.54, 1.807) is 12.1 Å². The molecule has 1 aromatic carbocycles. The first-order valence-electron chi connectivity index (χ1n) is 7.01. The van der Waals surface area contributed by atoms with E-state index in [9.17, 15) is 10.1 Å². The van der Waals surface area contributed by atoms with Crippen molar-refractivity contribution in [2.24, 2.45) is 17.8 Å². The highest BCUT2D eigenvalue weighted by atomic mass is 35.5. The number of rotatable bonds is 4. The second kappa shape index (κ2) is 5.12. The summed E-state index contributed by atoms with van der Waals surface area (Å²) >= 11 is 6.58. The highest BCUT2D eigenvalue weighted by molar-refractivity contribution is 6.21. The van der Waals surface area contributed by atoms with E-state index >= 15 is 0 Å². The summed E-state index contributed by atoms with van der Waals surface area (Å²) in [5.41, 5.74) is 1.25. The molecule has 0 spiro atoms. The van der Waals surface area contributed by atoms with Crippen molar-refractivity contribution >= 4 is 17.3 Å². The lowest BCUT2D eigenvalue weighted by Crippen LogP contribution is -2.23. The zero-order chi connectivity index (χ0) is 13.4. The maximum Gasteiger partial charge on any atom is 0.269 e. The van der Waals surface area contributed by atoms with Gasteiger partial charge in [0.25, 0.3) is 5.69 Å². The normalized spacial score (nSPS) is 30.5. The van der Waals surface area contributed by atoms with Crippen LogP contribution in [0.25, 0.3) is 0 Å². The molecule has 2 aliphatic rings. The van der Waals surface area contributed by atoms with E-state index in [0.717, 1.165) is 23.8 Å². The predicted molar refractivity (Wildman–Crippen MR) is 75.4 cm³/mol. The van der Waals surface area contributed by atoms with Gasteiger partial charge in [-0.15, -0.1) is 11.6 Å². The molecular weight excluding hydrogens is 262 g/mol. The van der Waals surface area contributed by atoms with Crippen molar-refractivity contribution in [1.29, 1.82) is 0 Å². The molecule has 0 amide bonds. The monoisotopic (exact) mass is 279 g/mol. The second-order valence-electron chi connectivity index (χ2n) is 5.98. The summed E-state index contributed by atoms with van der Waals surface area (Å²) in [6.07, 6.45) is 6.22. The van der Waals surface area contributed by atoms with Crippen molar-refractivity contribution in [2.75, 3.05) is 0 Å². The molecular formula is C15H18ClNO2. The Labute approximate surface area is 118 Å². The molecule has 4 unspecified atom stereocenters. The molecule has 4 atom stereocenters. The number of benzene rings is 1. The molecule has 2 fully saturated rings. The van der Waals surface area contributed by atoms with Gasteiger partial charge in [0.1, 0.15) is 0 Å². The first-order chi connectivity index (χ1) is 9.13. The van der Waals surface area contributed by atoms with Gasteiger partial charge >= 0.3 is 0 Å². The molecule has 1 aromatic rings. The highest BCUT2D eigenvalue weighted by Gasteiger charge is 2.42. The van der Waals surface area contributed by atoms with Crippen molar-refractivity contribution in [3.05, 3.63) is 39.9 Å². The minimum Gasteiger partial charge on any atom is -0.258 e. The molecule has 0 heterocycles. The average Bonchev–Trinajstić information content (AvgIpc) is 3.01. The van der Waals surface area contributed by atoms with Crippen LogP contribution >= 0.6 is 11.6 Å². The summed E-state index contributed by atoms with van der Waals surface area (Å²) in [6, 6.07) is 6.81. The van der Waals surface area contributed by atoms with E-state index in [0.29, 0.717) is 5.92 Å². The molecule has 3 nitrogen and oxygen atoms in total. The van der Waals surface area contributed by atoms with Crippen molar-refractivity contribution in [3.63, 3.8) is 0 Å². The Kier molecular flexibility index (Phi) is 3.48. The Hall–Kier alpha value is -1.09. The number of non-ortho nitro benzene ring substituents is 1. The summed E-state index contributed by atoms with van der Waals surface area (Å²) in [7, 11) is 0. The molecule has 102 valence electrons. The molecule has 2 bridgehead atoms. The Balaban J connectivity index is 1.63. The zero-order valence-corrected chi connectivity index (χ0v) is 11.6. The number of nitro benzene ring substituents is 1. The van der Waals surface area contributed by atoms with E-state index in [4.69, 9.17) is 11.6 Å². The highest BCUT2D eigenvalue weighted by Crippen LogP contribution is 2.50. The van der Waals surface area contributed by atoms with Crippen LogP contribution in [0.15, 0.2) is 24.3 Å². The smallest absolute Gasteiger partial charge is 0.258 e. The Bertz CT molecular complexity index is 474. The fraction of sp³-hybridized carbons (Fsp3) is 0.600. The van der Waals surface area contributed by atoms with Gasteiger partial charge in [0.2, 0.25) is 0 Å². The SMILES string of the molecule is O=[N+]([O-])c1ccc(CC(Cl)C2CC3CCC2C3)cc1. The van der Waals surface area contributed by atoms with Crippen LogP contribution in [0.3, 0.4) is 0 Å². The molecule has 0 N–H and O–H groups in total. The van der Waals surface area contributed by atoms with Crippen LogP contribution in [-0.2, 0) is 6.42 Å². The zero-order valence-electron chi connectivity index (χ0n) is 10.8. The van der Waals surface area contributed by atoms with Gasteiger partial charge in [0.05, 0.1) is 4.92 Å². The van der Waals surface area contributed by atoms with E-state index < -0.39 is 0 Å². The molecule has 2 aliphatic carbocycles. The molecule has 4 heteroatoms. The van der Waals surface area contributed by atoms with Gasteiger partial charge in [0, 0.05) is 17.5 Å². The number of hydrogen-bond donors (Lipinski definition) is 0. The largest absolute Gasteiger partial charge is 0.269 e. The molecule has 0 aliphatic heterocycles.